The van der Waals surface area contributed by atoms with Gasteiger partial charge in [0, 0.05) is 16.8 Å². The Kier molecular flexibility index (Phi) is 2.34. The largest absolute Gasteiger partial charge is 0.262 e. The number of nitrogens with zero attached hydrogens (tertiary/aromatic N) is 1. The Morgan fingerprint density at radius 1 is 1.31 bits per heavy atom. The number of hydrogen-bond donors (Lipinski definition) is 0. The molecule has 0 fully saturated rings. The third-order valence-corrected chi connectivity index (χ3v) is 3.03. The van der Waals surface area contributed by atoms with E-state index in [4.69, 9.17) is 11.6 Å². The number of halogens is 1. The lowest BCUT2D eigenvalue weighted by Crippen LogP contribution is -1.79. The average molecular weight is 210 g/mol. The van der Waals surface area contributed by atoms with Crippen LogP contribution in [0.15, 0.2) is 30.5 Å². The van der Waals surface area contributed by atoms with E-state index in [2.05, 4.69) is 11.1 Å². The van der Waals surface area contributed by atoms with Crippen LogP contribution >= 0.6 is 22.9 Å². The molecule has 2 rings (SSSR count). The van der Waals surface area contributed by atoms with Crippen molar-refractivity contribution in [3.8, 4) is 10.4 Å². The molecule has 0 aromatic carbocycles. The summed E-state index contributed by atoms with van der Waals surface area (Å²) in [6.45, 7) is 1.98. The van der Waals surface area contributed by atoms with Crippen LogP contribution in [0.3, 0.4) is 0 Å². The van der Waals surface area contributed by atoms with Gasteiger partial charge in [-0.1, -0.05) is 11.6 Å². The lowest BCUT2D eigenvalue weighted by Gasteiger charge is -1.96. The predicted octanol–water partition coefficient (Wildman–Crippen LogP) is 3.77. The molecule has 0 saturated carbocycles. The fraction of sp³-hybridized carbons (Fsp3) is 0.100. The summed E-state index contributed by atoms with van der Waals surface area (Å²) < 4.78 is 0.824. The highest BCUT2D eigenvalue weighted by Gasteiger charge is 2.00. The Balaban J connectivity index is 2.46. The van der Waals surface area contributed by atoms with Gasteiger partial charge in [-0.2, -0.15) is 0 Å². The molecule has 66 valence electrons. The van der Waals surface area contributed by atoms with Gasteiger partial charge in [-0.05, 0) is 36.8 Å². The Bertz CT molecular complexity index is 422. The maximum atomic E-state index is 5.85. The van der Waals surface area contributed by atoms with Gasteiger partial charge in [0.2, 0.25) is 0 Å². The van der Waals surface area contributed by atoms with Gasteiger partial charge < -0.3 is 0 Å². The normalized spacial score (nSPS) is 10.3. The molecule has 0 amide bonds. The number of hydrogen-bond acceptors (Lipinski definition) is 2. The van der Waals surface area contributed by atoms with Gasteiger partial charge in [0.1, 0.15) is 0 Å². The minimum atomic E-state index is 0.824. The van der Waals surface area contributed by atoms with E-state index in [1.165, 1.54) is 10.4 Å². The Morgan fingerprint density at radius 2 is 2.15 bits per heavy atom. The second-order valence-corrected chi connectivity index (χ2v) is 4.50. The summed E-state index contributed by atoms with van der Waals surface area (Å²) in [5.74, 6) is 0. The molecule has 2 heterocycles. The van der Waals surface area contributed by atoms with Crippen molar-refractivity contribution in [2.24, 2.45) is 0 Å². The lowest BCUT2D eigenvalue weighted by atomic mass is 10.2. The van der Waals surface area contributed by atoms with Crippen LogP contribution in [0.2, 0.25) is 4.34 Å². The monoisotopic (exact) mass is 209 g/mol. The second kappa shape index (κ2) is 3.48. The van der Waals surface area contributed by atoms with Crippen LogP contribution in [0, 0.1) is 6.92 Å². The van der Waals surface area contributed by atoms with Crippen molar-refractivity contribution in [3.05, 3.63) is 40.5 Å². The standard InChI is InChI=1S/C10H8ClNS/c1-7-6-8(4-5-12-7)9-2-3-10(11)13-9/h2-6H,1H3. The van der Waals surface area contributed by atoms with E-state index >= 15 is 0 Å². The van der Waals surface area contributed by atoms with Crippen molar-refractivity contribution < 1.29 is 0 Å². The average Bonchev–Trinajstić information content (AvgIpc) is 2.52. The molecule has 0 aliphatic carbocycles. The van der Waals surface area contributed by atoms with Crippen molar-refractivity contribution in [1.29, 1.82) is 0 Å². The smallest absolute Gasteiger partial charge is 0.0934 e. The maximum Gasteiger partial charge on any atom is 0.0934 e. The molecule has 0 atom stereocenters. The summed E-state index contributed by atoms with van der Waals surface area (Å²) in [7, 11) is 0. The van der Waals surface area contributed by atoms with E-state index in [-0.39, 0.29) is 0 Å². The first kappa shape index (κ1) is 8.73. The maximum absolute atomic E-state index is 5.85. The van der Waals surface area contributed by atoms with E-state index in [1.54, 1.807) is 11.3 Å². The molecule has 2 aromatic rings. The van der Waals surface area contributed by atoms with Crippen LogP contribution in [0.25, 0.3) is 10.4 Å². The lowest BCUT2D eigenvalue weighted by molar-refractivity contribution is 1.20. The minimum Gasteiger partial charge on any atom is -0.262 e. The van der Waals surface area contributed by atoms with Crippen LogP contribution in [0.1, 0.15) is 5.69 Å². The highest BCUT2D eigenvalue weighted by Crippen LogP contribution is 2.30. The molecular formula is C10H8ClNS. The first-order valence-electron chi connectivity index (χ1n) is 3.94. The molecule has 1 nitrogen and oxygen atoms in total. The van der Waals surface area contributed by atoms with Gasteiger partial charge in [-0.25, -0.2) is 0 Å². The fourth-order valence-corrected chi connectivity index (χ4v) is 2.21. The van der Waals surface area contributed by atoms with Crippen molar-refractivity contribution in [2.45, 2.75) is 6.92 Å². The zero-order chi connectivity index (χ0) is 9.26. The summed E-state index contributed by atoms with van der Waals surface area (Å²) in [5, 5.41) is 0. The fourth-order valence-electron chi connectivity index (χ4n) is 1.17. The van der Waals surface area contributed by atoms with E-state index in [1.807, 2.05) is 31.3 Å². The molecular weight excluding hydrogens is 202 g/mol. The number of pyridine rings is 1. The van der Waals surface area contributed by atoms with Gasteiger partial charge in [0.25, 0.3) is 0 Å². The van der Waals surface area contributed by atoms with Gasteiger partial charge in [-0.3, -0.25) is 4.98 Å². The zero-order valence-electron chi connectivity index (χ0n) is 7.12. The molecule has 0 unspecified atom stereocenters. The number of thiophene rings is 1. The van der Waals surface area contributed by atoms with Crippen molar-refractivity contribution in [1.82, 2.24) is 4.98 Å². The highest BCUT2D eigenvalue weighted by molar-refractivity contribution is 7.19. The summed E-state index contributed by atoms with van der Waals surface area (Å²) in [6.07, 6.45) is 1.82. The molecule has 3 heteroatoms. The first-order valence-corrected chi connectivity index (χ1v) is 5.13. The second-order valence-electron chi connectivity index (χ2n) is 2.79. The minimum absolute atomic E-state index is 0.824. The summed E-state index contributed by atoms with van der Waals surface area (Å²) >= 11 is 7.44. The van der Waals surface area contributed by atoms with Gasteiger partial charge >= 0.3 is 0 Å². The van der Waals surface area contributed by atoms with Crippen LogP contribution in [-0.2, 0) is 0 Å². The van der Waals surface area contributed by atoms with Crippen LogP contribution in [-0.4, -0.2) is 4.98 Å². The van der Waals surface area contributed by atoms with E-state index < -0.39 is 0 Å². The number of aryl methyl sites for hydroxylation is 1. The Labute approximate surface area is 86.0 Å². The molecule has 0 radical (unpaired) electrons. The van der Waals surface area contributed by atoms with E-state index in [9.17, 15) is 0 Å². The van der Waals surface area contributed by atoms with Crippen molar-refractivity contribution in [3.63, 3.8) is 0 Å². The zero-order valence-corrected chi connectivity index (χ0v) is 8.69. The highest BCUT2D eigenvalue weighted by atomic mass is 35.5. The van der Waals surface area contributed by atoms with Crippen LogP contribution in [0.4, 0.5) is 0 Å². The number of aromatic nitrogens is 1. The summed E-state index contributed by atoms with van der Waals surface area (Å²) in [4.78, 5) is 5.33. The van der Waals surface area contributed by atoms with Crippen LogP contribution in [0.5, 0.6) is 0 Å². The molecule has 0 spiro atoms. The molecule has 0 N–H and O–H groups in total. The SMILES string of the molecule is Cc1cc(-c2ccc(Cl)s2)ccn1. The summed E-state index contributed by atoms with van der Waals surface area (Å²) in [6, 6.07) is 8.00. The predicted molar refractivity (Wildman–Crippen MR) is 57.3 cm³/mol. The van der Waals surface area contributed by atoms with E-state index in [0.717, 1.165) is 10.0 Å². The molecule has 0 aliphatic heterocycles. The third kappa shape index (κ3) is 1.90. The molecule has 0 saturated heterocycles. The quantitative estimate of drug-likeness (QED) is 0.697. The molecule has 13 heavy (non-hydrogen) atoms. The Morgan fingerprint density at radius 3 is 2.77 bits per heavy atom. The number of rotatable bonds is 1. The van der Waals surface area contributed by atoms with Crippen molar-refractivity contribution in [2.75, 3.05) is 0 Å². The summed E-state index contributed by atoms with van der Waals surface area (Å²) in [5.41, 5.74) is 2.21. The van der Waals surface area contributed by atoms with Gasteiger partial charge in [-0.15, -0.1) is 11.3 Å². The topological polar surface area (TPSA) is 12.9 Å². The Hall–Kier alpha value is -0.860. The van der Waals surface area contributed by atoms with Gasteiger partial charge in [0.15, 0.2) is 0 Å². The van der Waals surface area contributed by atoms with Gasteiger partial charge in [0.05, 0.1) is 4.34 Å². The molecule has 2 aromatic heterocycles. The molecule has 0 bridgehead atoms. The first-order chi connectivity index (χ1) is 6.25. The third-order valence-electron chi connectivity index (χ3n) is 1.75. The van der Waals surface area contributed by atoms with Crippen LogP contribution < -0.4 is 0 Å². The molecule has 0 aliphatic rings. The van der Waals surface area contributed by atoms with E-state index in [0.29, 0.717) is 0 Å². The van der Waals surface area contributed by atoms with Crippen molar-refractivity contribution >= 4 is 22.9 Å².